The monoisotopic (exact) mass is 377 g/mol. The van der Waals surface area contributed by atoms with Crippen molar-refractivity contribution in [3.8, 4) is 5.75 Å². The van der Waals surface area contributed by atoms with Crippen LogP contribution < -0.4 is 20.5 Å². The Labute approximate surface area is 163 Å². The molecule has 0 bridgehead atoms. The molecular formula is C23H23NO4. The van der Waals surface area contributed by atoms with Crippen LogP contribution in [0.2, 0.25) is 0 Å². The maximum absolute atomic E-state index is 12.4. The molecule has 5 heteroatoms. The minimum Gasteiger partial charge on any atom is -0.488 e. The van der Waals surface area contributed by atoms with Gasteiger partial charge >= 0.3 is 0 Å². The van der Waals surface area contributed by atoms with E-state index in [0.29, 0.717) is 25.3 Å². The van der Waals surface area contributed by atoms with Crippen LogP contribution in [0, 0.1) is 0 Å². The molecule has 0 saturated carbocycles. The van der Waals surface area contributed by atoms with Crippen LogP contribution in [0.1, 0.15) is 30.9 Å². The van der Waals surface area contributed by atoms with E-state index in [1.165, 1.54) is 0 Å². The summed E-state index contributed by atoms with van der Waals surface area (Å²) in [6.07, 6.45) is 1.52. The molecule has 0 aliphatic carbocycles. The van der Waals surface area contributed by atoms with E-state index in [1.807, 2.05) is 65.6 Å². The van der Waals surface area contributed by atoms with E-state index in [2.05, 4.69) is 0 Å². The summed E-state index contributed by atoms with van der Waals surface area (Å²) in [5.74, 6) is 0.128. The van der Waals surface area contributed by atoms with Crippen LogP contribution in [0.4, 0.5) is 5.69 Å². The SMILES string of the molecule is CCOc1c(N2CCC[C@H]2C(O)(c2ccccc2)c2ccccc2)c(=O)c1=O. The lowest BCUT2D eigenvalue weighted by Crippen LogP contribution is -2.52. The standard InChI is InChI=1S/C23H23NO4/c1-2-28-22-19(20(25)21(22)26)24-15-9-14-18(24)23(27,16-10-5-3-6-11-16)17-12-7-4-8-13-17/h3-8,10-13,18,27H,2,9,14-15H2,1H3/t18-/m0/s1. The van der Waals surface area contributed by atoms with Crippen molar-refractivity contribution in [2.75, 3.05) is 18.1 Å². The first-order valence-corrected chi connectivity index (χ1v) is 9.65. The molecule has 144 valence electrons. The van der Waals surface area contributed by atoms with Gasteiger partial charge in [0.15, 0.2) is 5.75 Å². The summed E-state index contributed by atoms with van der Waals surface area (Å²) in [4.78, 5) is 26.2. The number of ether oxygens (including phenoxy) is 1. The minimum atomic E-state index is -1.32. The number of anilines is 1. The average Bonchev–Trinajstić information content (AvgIpc) is 3.23. The number of aliphatic hydroxyl groups is 1. The van der Waals surface area contributed by atoms with Gasteiger partial charge in [-0.3, -0.25) is 9.59 Å². The predicted molar refractivity (Wildman–Crippen MR) is 109 cm³/mol. The van der Waals surface area contributed by atoms with Crippen molar-refractivity contribution in [3.05, 3.63) is 92.2 Å². The molecular weight excluding hydrogens is 354 g/mol. The van der Waals surface area contributed by atoms with Gasteiger partial charge in [-0.25, -0.2) is 0 Å². The van der Waals surface area contributed by atoms with Crippen molar-refractivity contribution >= 4 is 5.69 Å². The smallest absolute Gasteiger partial charge is 0.272 e. The Kier molecular flexibility index (Phi) is 4.77. The summed E-state index contributed by atoms with van der Waals surface area (Å²) in [5.41, 5.74) is -0.601. The van der Waals surface area contributed by atoms with Gasteiger partial charge in [-0.1, -0.05) is 60.7 Å². The van der Waals surface area contributed by atoms with Crippen LogP contribution in [0.3, 0.4) is 0 Å². The normalized spacial score (nSPS) is 17.2. The maximum atomic E-state index is 12.4. The number of hydrogen-bond donors (Lipinski definition) is 1. The lowest BCUT2D eigenvalue weighted by atomic mass is 9.79. The third-order valence-corrected chi connectivity index (χ3v) is 5.58. The topological polar surface area (TPSA) is 66.8 Å². The Morgan fingerprint density at radius 3 is 2.11 bits per heavy atom. The molecule has 0 spiro atoms. The molecule has 1 atom stereocenters. The van der Waals surface area contributed by atoms with Crippen LogP contribution in [-0.2, 0) is 5.60 Å². The van der Waals surface area contributed by atoms with Crippen LogP contribution in [0.25, 0.3) is 0 Å². The van der Waals surface area contributed by atoms with E-state index < -0.39 is 16.5 Å². The lowest BCUT2D eigenvalue weighted by Gasteiger charge is -2.41. The number of hydrogen-bond acceptors (Lipinski definition) is 5. The largest absolute Gasteiger partial charge is 0.488 e. The molecule has 5 nitrogen and oxygen atoms in total. The molecule has 0 aromatic heterocycles. The van der Waals surface area contributed by atoms with E-state index in [4.69, 9.17) is 4.74 Å². The predicted octanol–water partition coefficient (Wildman–Crippen LogP) is 2.59. The van der Waals surface area contributed by atoms with Gasteiger partial charge in [0.2, 0.25) is 0 Å². The van der Waals surface area contributed by atoms with Crippen molar-refractivity contribution in [2.45, 2.75) is 31.4 Å². The molecule has 0 amide bonds. The van der Waals surface area contributed by atoms with Gasteiger partial charge in [0.05, 0.1) is 12.6 Å². The van der Waals surface area contributed by atoms with Crippen molar-refractivity contribution in [1.82, 2.24) is 0 Å². The second-order valence-electron chi connectivity index (χ2n) is 7.12. The second kappa shape index (κ2) is 7.24. The van der Waals surface area contributed by atoms with E-state index in [9.17, 15) is 14.7 Å². The zero-order valence-corrected chi connectivity index (χ0v) is 15.8. The molecule has 1 aliphatic rings. The first-order valence-electron chi connectivity index (χ1n) is 9.65. The van der Waals surface area contributed by atoms with Crippen LogP contribution in [0.15, 0.2) is 70.3 Å². The molecule has 1 aliphatic heterocycles. The Balaban J connectivity index is 1.84. The third kappa shape index (κ3) is 2.74. The van der Waals surface area contributed by atoms with Crippen LogP contribution >= 0.6 is 0 Å². The first kappa shape index (κ1) is 18.4. The third-order valence-electron chi connectivity index (χ3n) is 5.58. The fraction of sp³-hybridized carbons (Fsp3) is 0.304. The van der Waals surface area contributed by atoms with Gasteiger partial charge in [-0.15, -0.1) is 0 Å². The van der Waals surface area contributed by atoms with Crippen molar-refractivity contribution < 1.29 is 9.84 Å². The van der Waals surface area contributed by atoms with Crippen molar-refractivity contribution in [2.24, 2.45) is 0 Å². The lowest BCUT2D eigenvalue weighted by molar-refractivity contribution is 0.0527. The highest BCUT2D eigenvalue weighted by molar-refractivity contribution is 5.66. The Morgan fingerprint density at radius 1 is 1.00 bits per heavy atom. The highest BCUT2D eigenvalue weighted by Gasteiger charge is 2.47. The molecule has 3 aromatic carbocycles. The summed E-state index contributed by atoms with van der Waals surface area (Å²) in [6.45, 7) is 2.70. The summed E-state index contributed by atoms with van der Waals surface area (Å²) in [6, 6.07) is 18.6. The highest BCUT2D eigenvalue weighted by atomic mass is 16.5. The molecule has 4 rings (SSSR count). The summed E-state index contributed by atoms with van der Waals surface area (Å²) in [7, 11) is 0. The van der Waals surface area contributed by atoms with E-state index in [-0.39, 0.29) is 11.8 Å². The molecule has 1 saturated heterocycles. The zero-order valence-electron chi connectivity index (χ0n) is 15.8. The highest BCUT2D eigenvalue weighted by Crippen LogP contribution is 2.43. The summed E-state index contributed by atoms with van der Waals surface area (Å²) < 4.78 is 5.44. The van der Waals surface area contributed by atoms with E-state index in [1.54, 1.807) is 6.92 Å². The molecule has 1 heterocycles. The molecule has 0 radical (unpaired) electrons. The Hall–Kier alpha value is -2.92. The van der Waals surface area contributed by atoms with E-state index >= 15 is 0 Å². The van der Waals surface area contributed by atoms with Gasteiger partial charge in [0.25, 0.3) is 10.9 Å². The quantitative estimate of drug-likeness (QED) is 0.669. The number of nitrogens with zero attached hydrogens (tertiary/aromatic N) is 1. The average molecular weight is 377 g/mol. The number of rotatable bonds is 6. The molecule has 0 unspecified atom stereocenters. The van der Waals surface area contributed by atoms with E-state index in [0.717, 1.165) is 17.5 Å². The Bertz CT molecular complexity index is 982. The van der Waals surface area contributed by atoms with Gasteiger partial charge < -0.3 is 14.7 Å². The van der Waals surface area contributed by atoms with Crippen LogP contribution in [-0.4, -0.2) is 24.3 Å². The van der Waals surface area contributed by atoms with Crippen molar-refractivity contribution in [3.63, 3.8) is 0 Å². The fourth-order valence-corrected chi connectivity index (χ4v) is 4.30. The summed E-state index contributed by atoms with van der Waals surface area (Å²) in [5, 5.41) is 12.1. The Morgan fingerprint density at radius 2 is 1.57 bits per heavy atom. The van der Waals surface area contributed by atoms with Crippen molar-refractivity contribution in [1.29, 1.82) is 0 Å². The molecule has 1 fully saturated rings. The van der Waals surface area contributed by atoms with Crippen LogP contribution in [0.5, 0.6) is 5.75 Å². The second-order valence-corrected chi connectivity index (χ2v) is 7.12. The van der Waals surface area contributed by atoms with Gasteiger partial charge in [-0.05, 0) is 30.9 Å². The maximum Gasteiger partial charge on any atom is 0.272 e. The molecule has 28 heavy (non-hydrogen) atoms. The molecule has 3 aromatic rings. The number of benzene rings is 2. The van der Waals surface area contributed by atoms with Gasteiger partial charge in [0.1, 0.15) is 11.3 Å². The van der Waals surface area contributed by atoms with Gasteiger partial charge in [0, 0.05) is 6.54 Å². The first-order chi connectivity index (χ1) is 13.6. The van der Waals surface area contributed by atoms with Gasteiger partial charge in [-0.2, -0.15) is 0 Å². The fourth-order valence-electron chi connectivity index (χ4n) is 4.30. The zero-order chi connectivity index (χ0) is 19.7. The summed E-state index contributed by atoms with van der Waals surface area (Å²) >= 11 is 0. The molecule has 1 N–H and O–H groups in total. The minimum absolute atomic E-state index is 0.128.